The van der Waals surface area contributed by atoms with E-state index in [4.69, 9.17) is 5.11 Å². The molecule has 108 valence electrons. The molecule has 0 amide bonds. The van der Waals surface area contributed by atoms with Gasteiger partial charge in [-0.05, 0) is 71.8 Å². The lowest BCUT2D eigenvalue weighted by molar-refractivity contribution is 0.129. The topological polar surface area (TPSA) is 26.7 Å². The maximum Gasteiger partial charge on any atom is 0.0701 e. The van der Waals surface area contributed by atoms with Crippen LogP contribution in [0.4, 0.5) is 0 Å². The summed E-state index contributed by atoms with van der Waals surface area (Å²) in [5.41, 5.74) is 1.40. The Morgan fingerprint density at radius 2 is 2.21 bits per heavy atom. The lowest BCUT2D eigenvalue weighted by Crippen LogP contribution is -2.38. The standard InChI is InChI=1S/C14H23BrN2OS/c1-16(10-13-8-14(15)19-11-13)9-12-2-4-17(5-3-12)6-7-18/h8,11-12,18H,2-7,9-10H2,1H3. The zero-order chi connectivity index (χ0) is 13.7. The van der Waals surface area contributed by atoms with E-state index < -0.39 is 0 Å². The lowest BCUT2D eigenvalue weighted by atomic mass is 9.96. The van der Waals surface area contributed by atoms with Crippen LogP contribution in [0.3, 0.4) is 0 Å². The number of likely N-dealkylation sites (tertiary alicyclic amines) is 1. The molecule has 1 aromatic heterocycles. The van der Waals surface area contributed by atoms with Crippen LogP contribution < -0.4 is 0 Å². The van der Waals surface area contributed by atoms with E-state index in [9.17, 15) is 0 Å². The Hall–Kier alpha value is 0.0600. The van der Waals surface area contributed by atoms with Gasteiger partial charge in [0.05, 0.1) is 10.4 Å². The van der Waals surface area contributed by atoms with Crippen molar-refractivity contribution < 1.29 is 5.11 Å². The molecule has 0 aliphatic carbocycles. The molecule has 0 saturated carbocycles. The molecule has 2 rings (SSSR count). The summed E-state index contributed by atoms with van der Waals surface area (Å²) in [5.74, 6) is 0.807. The Kier molecular flexibility index (Phi) is 6.29. The van der Waals surface area contributed by atoms with Gasteiger partial charge in [0.1, 0.15) is 0 Å². The van der Waals surface area contributed by atoms with Gasteiger partial charge >= 0.3 is 0 Å². The largest absolute Gasteiger partial charge is 0.395 e. The van der Waals surface area contributed by atoms with Crippen molar-refractivity contribution in [2.45, 2.75) is 19.4 Å². The van der Waals surface area contributed by atoms with Crippen molar-refractivity contribution in [2.24, 2.45) is 5.92 Å². The molecule has 1 N–H and O–H groups in total. The van der Waals surface area contributed by atoms with E-state index in [1.165, 1.54) is 28.7 Å². The summed E-state index contributed by atoms with van der Waals surface area (Å²) in [6, 6.07) is 2.21. The first-order valence-electron chi connectivity index (χ1n) is 6.92. The number of aliphatic hydroxyl groups excluding tert-OH is 1. The number of hydrogen-bond acceptors (Lipinski definition) is 4. The van der Waals surface area contributed by atoms with Gasteiger partial charge in [-0.25, -0.2) is 0 Å². The molecule has 19 heavy (non-hydrogen) atoms. The van der Waals surface area contributed by atoms with E-state index in [1.807, 2.05) is 0 Å². The highest BCUT2D eigenvalue weighted by Crippen LogP contribution is 2.23. The second-order valence-electron chi connectivity index (χ2n) is 5.46. The smallest absolute Gasteiger partial charge is 0.0701 e. The molecule has 1 saturated heterocycles. The molecule has 1 aliphatic heterocycles. The van der Waals surface area contributed by atoms with Crippen molar-refractivity contribution in [3.8, 4) is 0 Å². The van der Waals surface area contributed by atoms with Gasteiger partial charge in [0.25, 0.3) is 0 Å². The third-order valence-electron chi connectivity index (χ3n) is 3.77. The number of piperidine rings is 1. The van der Waals surface area contributed by atoms with Gasteiger partial charge in [0.2, 0.25) is 0 Å². The summed E-state index contributed by atoms with van der Waals surface area (Å²) in [4.78, 5) is 4.80. The first kappa shape index (κ1) is 15.4. The van der Waals surface area contributed by atoms with Gasteiger partial charge in [0, 0.05) is 19.6 Å². The van der Waals surface area contributed by atoms with Crippen LogP contribution in [0.1, 0.15) is 18.4 Å². The number of rotatable bonds is 6. The average molecular weight is 347 g/mol. The van der Waals surface area contributed by atoms with Crippen molar-refractivity contribution in [1.29, 1.82) is 0 Å². The minimum Gasteiger partial charge on any atom is -0.395 e. The van der Waals surface area contributed by atoms with E-state index in [2.05, 4.69) is 44.2 Å². The van der Waals surface area contributed by atoms with Crippen LogP contribution in [-0.4, -0.2) is 54.7 Å². The lowest BCUT2D eigenvalue weighted by Gasteiger charge is -2.33. The van der Waals surface area contributed by atoms with Crippen LogP contribution in [0.15, 0.2) is 15.2 Å². The van der Waals surface area contributed by atoms with Crippen molar-refractivity contribution in [3.05, 3.63) is 20.8 Å². The maximum absolute atomic E-state index is 8.94. The van der Waals surface area contributed by atoms with Crippen LogP contribution in [-0.2, 0) is 6.54 Å². The first-order valence-corrected chi connectivity index (χ1v) is 8.59. The van der Waals surface area contributed by atoms with Crippen molar-refractivity contribution in [2.75, 3.05) is 39.8 Å². The second-order valence-corrected chi connectivity index (χ2v) is 7.75. The van der Waals surface area contributed by atoms with Crippen LogP contribution in [0.25, 0.3) is 0 Å². The van der Waals surface area contributed by atoms with E-state index in [-0.39, 0.29) is 6.61 Å². The summed E-state index contributed by atoms with van der Waals surface area (Å²) >= 11 is 5.27. The van der Waals surface area contributed by atoms with E-state index in [0.717, 1.165) is 32.1 Å². The van der Waals surface area contributed by atoms with Crippen LogP contribution >= 0.6 is 27.3 Å². The summed E-state index contributed by atoms with van der Waals surface area (Å²) in [6.45, 7) is 5.63. The Bertz CT molecular complexity index is 377. The molecule has 1 aromatic rings. The van der Waals surface area contributed by atoms with Crippen LogP contribution in [0.2, 0.25) is 0 Å². The third-order valence-corrected chi connectivity index (χ3v) is 5.32. The Labute approximate surface area is 128 Å². The molecule has 2 heterocycles. The number of thiophene rings is 1. The fourth-order valence-electron chi connectivity index (χ4n) is 2.78. The SMILES string of the molecule is CN(Cc1csc(Br)c1)CC1CCN(CCO)CC1. The van der Waals surface area contributed by atoms with Gasteiger partial charge in [-0.15, -0.1) is 11.3 Å². The molecule has 5 heteroatoms. The molecule has 0 radical (unpaired) electrons. The molecule has 0 atom stereocenters. The number of halogens is 1. The highest BCUT2D eigenvalue weighted by molar-refractivity contribution is 9.11. The third kappa shape index (κ3) is 5.16. The summed E-state index contributed by atoms with van der Waals surface area (Å²) in [7, 11) is 2.21. The van der Waals surface area contributed by atoms with E-state index >= 15 is 0 Å². The molecule has 0 aromatic carbocycles. The number of hydrogen-bond donors (Lipinski definition) is 1. The molecular weight excluding hydrogens is 324 g/mol. The number of β-amino-alcohol motifs (C(OH)–C–C–N with tert-alkyl or cyclic N) is 1. The van der Waals surface area contributed by atoms with Gasteiger partial charge in [0.15, 0.2) is 0 Å². The normalized spacial score (nSPS) is 18.3. The summed E-state index contributed by atoms with van der Waals surface area (Å²) in [5, 5.41) is 11.2. The van der Waals surface area contributed by atoms with Crippen molar-refractivity contribution in [1.82, 2.24) is 9.80 Å². The Morgan fingerprint density at radius 3 is 2.79 bits per heavy atom. The summed E-state index contributed by atoms with van der Waals surface area (Å²) < 4.78 is 1.22. The quantitative estimate of drug-likeness (QED) is 0.857. The maximum atomic E-state index is 8.94. The number of nitrogens with zero attached hydrogens (tertiary/aromatic N) is 2. The monoisotopic (exact) mass is 346 g/mol. The Morgan fingerprint density at radius 1 is 1.47 bits per heavy atom. The first-order chi connectivity index (χ1) is 9.17. The summed E-state index contributed by atoms with van der Waals surface area (Å²) in [6.07, 6.45) is 2.52. The fourth-order valence-corrected chi connectivity index (χ4v) is 3.98. The Balaban J connectivity index is 1.70. The van der Waals surface area contributed by atoms with Crippen molar-refractivity contribution in [3.63, 3.8) is 0 Å². The predicted octanol–water partition coefficient (Wildman–Crippen LogP) is 2.65. The molecule has 1 fully saturated rings. The van der Waals surface area contributed by atoms with Crippen molar-refractivity contribution >= 4 is 27.3 Å². The highest BCUT2D eigenvalue weighted by atomic mass is 79.9. The highest BCUT2D eigenvalue weighted by Gasteiger charge is 2.20. The minimum absolute atomic E-state index is 0.289. The van der Waals surface area contributed by atoms with Gasteiger partial charge in [-0.1, -0.05) is 0 Å². The molecular formula is C14H23BrN2OS. The average Bonchev–Trinajstić information content (AvgIpc) is 2.77. The van der Waals surface area contributed by atoms with Gasteiger partial charge in [-0.2, -0.15) is 0 Å². The van der Waals surface area contributed by atoms with E-state index in [0.29, 0.717) is 0 Å². The van der Waals surface area contributed by atoms with Crippen LogP contribution in [0.5, 0.6) is 0 Å². The fraction of sp³-hybridized carbons (Fsp3) is 0.714. The molecule has 0 unspecified atom stereocenters. The molecule has 0 bridgehead atoms. The van der Waals surface area contributed by atoms with Gasteiger partial charge < -0.3 is 14.9 Å². The zero-order valence-corrected chi connectivity index (χ0v) is 13.9. The molecule has 3 nitrogen and oxygen atoms in total. The molecule has 1 aliphatic rings. The van der Waals surface area contributed by atoms with E-state index in [1.54, 1.807) is 11.3 Å². The number of aliphatic hydroxyl groups is 1. The minimum atomic E-state index is 0.289. The zero-order valence-electron chi connectivity index (χ0n) is 11.5. The molecule has 0 spiro atoms. The predicted molar refractivity (Wildman–Crippen MR) is 84.6 cm³/mol. The van der Waals surface area contributed by atoms with Crippen LogP contribution in [0, 0.1) is 5.92 Å². The van der Waals surface area contributed by atoms with Gasteiger partial charge in [-0.3, -0.25) is 0 Å². The second kappa shape index (κ2) is 7.74.